The minimum absolute atomic E-state index is 0.252. The molecular formula is C15H13FN2OS. The predicted octanol–water partition coefficient (Wildman–Crippen LogP) is 4.14. The molecule has 3 rings (SSSR count). The predicted molar refractivity (Wildman–Crippen MR) is 77.1 cm³/mol. The Balaban J connectivity index is 2.02. The maximum absolute atomic E-state index is 14.0. The van der Waals surface area contributed by atoms with Crippen LogP contribution in [-0.2, 0) is 0 Å². The SMILES string of the molecule is C[C@@H](N)c1cccc(F)c1Sc1nc2ccccc2o1. The molecule has 1 atom stereocenters. The van der Waals surface area contributed by atoms with E-state index in [-0.39, 0.29) is 11.9 Å². The topological polar surface area (TPSA) is 52.0 Å². The molecular weight excluding hydrogens is 275 g/mol. The Hall–Kier alpha value is -1.85. The van der Waals surface area contributed by atoms with Gasteiger partial charge >= 0.3 is 0 Å². The number of hydrogen-bond acceptors (Lipinski definition) is 4. The summed E-state index contributed by atoms with van der Waals surface area (Å²) in [5.41, 5.74) is 8.08. The monoisotopic (exact) mass is 288 g/mol. The van der Waals surface area contributed by atoms with Gasteiger partial charge in [0.15, 0.2) is 5.58 Å². The number of nitrogens with zero attached hydrogens (tertiary/aromatic N) is 1. The third kappa shape index (κ3) is 2.42. The molecule has 0 bridgehead atoms. The number of halogens is 1. The van der Waals surface area contributed by atoms with Gasteiger partial charge in [-0.2, -0.15) is 0 Å². The van der Waals surface area contributed by atoms with E-state index < -0.39 is 0 Å². The van der Waals surface area contributed by atoms with Crippen molar-refractivity contribution >= 4 is 22.9 Å². The van der Waals surface area contributed by atoms with Crippen molar-refractivity contribution < 1.29 is 8.81 Å². The van der Waals surface area contributed by atoms with E-state index in [1.165, 1.54) is 6.07 Å². The van der Waals surface area contributed by atoms with Crippen molar-refractivity contribution in [3.8, 4) is 0 Å². The fourth-order valence-corrected chi connectivity index (χ4v) is 2.96. The maximum atomic E-state index is 14.0. The Labute approximate surface area is 120 Å². The van der Waals surface area contributed by atoms with E-state index in [1.807, 2.05) is 37.3 Å². The smallest absolute Gasteiger partial charge is 0.261 e. The molecule has 0 aliphatic rings. The molecule has 0 saturated carbocycles. The molecule has 0 amide bonds. The van der Waals surface area contributed by atoms with Gasteiger partial charge in [0.1, 0.15) is 11.3 Å². The highest BCUT2D eigenvalue weighted by Crippen LogP contribution is 2.35. The van der Waals surface area contributed by atoms with Crippen molar-refractivity contribution in [3.63, 3.8) is 0 Å². The molecule has 0 saturated heterocycles. The summed E-state index contributed by atoms with van der Waals surface area (Å²) >= 11 is 1.16. The molecule has 0 radical (unpaired) electrons. The minimum atomic E-state index is -0.313. The fraction of sp³-hybridized carbons (Fsp3) is 0.133. The van der Waals surface area contributed by atoms with E-state index in [0.29, 0.717) is 15.7 Å². The highest BCUT2D eigenvalue weighted by Gasteiger charge is 2.16. The van der Waals surface area contributed by atoms with Crippen LogP contribution < -0.4 is 5.73 Å². The van der Waals surface area contributed by atoms with Gasteiger partial charge in [-0.15, -0.1) is 0 Å². The third-order valence-electron chi connectivity index (χ3n) is 2.95. The minimum Gasteiger partial charge on any atom is -0.431 e. The van der Waals surface area contributed by atoms with Crippen LogP contribution in [0.5, 0.6) is 0 Å². The molecule has 1 heterocycles. The molecule has 0 unspecified atom stereocenters. The van der Waals surface area contributed by atoms with Crippen molar-refractivity contribution in [2.45, 2.75) is 23.1 Å². The second-order valence-corrected chi connectivity index (χ2v) is 5.46. The van der Waals surface area contributed by atoms with E-state index in [2.05, 4.69) is 4.98 Å². The Morgan fingerprint density at radius 2 is 2.00 bits per heavy atom. The summed E-state index contributed by atoms with van der Waals surface area (Å²) in [4.78, 5) is 4.81. The number of fused-ring (bicyclic) bond motifs is 1. The van der Waals surface area contributed by atoms with Crippen LogP contribution in [0.2, 0.25) is 0 Å². The number of nitrogens with two attached hydrogens (primary N) is 1. The van der Waals surface area contributed by atoms with Gasteiger partial charge in [0, 0.05) is 6.04 Å². The number of hydrogen-bond donors (Lipinski definition) is 1. The lowest BCUT2D eigenvalue weighted by molar-refractivity contribution is 0.488. The second-order valence-electron chi connectivity index (χ2n) is 4.50. The largest absolute Gasteiger partial charge is 0.431 e. The normalized spacial score (nSPS) is 12.8. The maximum Gasteiger partial charge on any atom is 0.261 e. The molecule has 3 aromatic rings. The van der Waals surface area contributed by atoms with Crippen LogP contribution in [0, 0.1) is 5.82 Å². The number of rotatable bonds is 3. The molecule has 0 spiro atoms. The molecule has 5 heteroatoms. The van der Waals surface area contributed by atoms with Gasteiger partial charge in [-0.05, 0) is 42.4 Å². The molecule has 0 fully saturated rings. The van der Waals surface area contributed by atoms with E-state index in [4.69, 9.17) is 10.2 Å². The molecule has 20 heavy (non-hydrogen) atoms. The highest BCUT2D eigenvalue weighted by atomic mass is 32.2. The lowest BCUT2D eigenvalue weighted by Gasteiger charge is -2.11. The van der Waals surface area contributed by atoms with Gasteiger partial charge in [-0.3, -0.25) is 0 Å². The summed E-state index contributed by atoms with van der Waals surface area (Å²) in [6.07, 6.45) is 0. The lowest BCUT2D eigenvalue weighted by Crippen LogP contribution is -2.07. The summed E-state index contributed by atoms with van der Waals surface area (Å²) < 4.78 is 19.6. The number of para-hydroxylation sites is 2. The summed E-state index contributed by atoms with van der Waals surface area (Å²) in [6, 6.07) is 12.1. The summed E-state index contributed by atoms with van der Waals surface area (Å²) in [6.45, 7) is 1.82. The fourth-order valence-electron chi connectivity index (χ4n) is 1.97. The quantitative estimate of drug-likeness (QED) is 0.787. The number of oxazole rings is 1. The Bertz CT molecular complexity index is 721. The second kappa shape index (κ2) is 5.26. The van der Waals surface area contributed by atoms with Crippen molar-refractivity contribution in [3.05, 3.63) is 53.8 Å². The van der Waals surface area contributed by atoms with Crippen LogP contribution in [0.15, 0.2) is 57.0 Å². The summed E-state index contributed by atoms with van der Waals surface area (Å²) in [5, 5.41) is 0.415. The van der Waals surface area contributed by atoms with Gasteiger partial charge in [-0.1, -0.05) is 24.3 Å². The Morgan fingerprint density at radius 1 is 1.20 bits per heavy atom. The number of benzene rings is 2. The van der Waals surface area contributed by atoms with Crippen LogP contribution in [0.4, 0.5) is 4.39 Å². The van der Waals surface area contributed by atoms with Crippen molar-refractivity contribution in [2.24, 2.45) is 5.73 Å². The lowest BCUT2D eigenvalue weighted by atomic mass is 10.1. The van der Waals surface area contributed by atoms with E-state index in [0.717, 1.165) is 22.8 Å². The average molecular weight is 288 g/mol. The standard InChI is InChI=1S/C15H13FN2OS/c1-9(17)10-5-4-6-11(16)14(10)20-15-18-12-7-2-3-8-13(12)19-15/h2-9H,17H2,1H3/t9-/m1/s1. The van der Waals surface area contributed by atoms with Crippen molar-refractivity contribution in [1.29, 1.82) is 0 Å². The summed E-state index contributed by atoms with van der Waals surface area (Å²) in [7, 11) is 0. The van der Waals surface area contributed by atoms with Gasteiger partial charge in [0.05, 0.1) is 4.90 Å². The van der Waals surface area contributed by atoms with Crippen LogP contribution in [-0.4, -0.2) is 4.98 Å². The van der Waals surface area contributed by atoms with E-state index >= 15 is 0 Å². The molecule has 3 nitrogen and oxygen atoms in total. The van der Waals surface area contributed by atoms with Crippen molar-refractivity contribution in [1.82, 2.24) is 4.98 Å². The first kappa shape index (κ1) is 13.1. The molecule has 0 aliphatic heterocycles. The Morgan fingerprint density at radius 3 is 2.75 bits per heavy atom. The van der Waals surface area contributed by atoms with Gasteiger partial charge in [0.25, 0.3) is 5.22 Å². The Kier molecular flexibility index (Phi) is 3.46. The first-order valence-electron chi connectivity index (χ1n) is 6.22. The zero-order valence-corrected chi connectivity index (χ0v) is 11.7. The first-order valence-corrected chi connectivity index (χ1v) is 7.04. The van der Waals surface area contributed by atoms with E-state index in [9.17, 15) is 4.39 Å². The zero-order chi connectivity index (χ0) is 14.1. The van der Waals surface area contributed by atoms with Gasteiger partial charge < -0.3 is 10.2 Å². The molecule has 0 aliphatic carbocycles. The van der Waals surface area contributed by atoms with E-state index in [1.54, 1.807) is 6.07 Å². The third-order valence-corrected chi connectivity index (χ3v) is 3.94. The molecule has 102 valence electrons. The highest BCUT2D eigenvalue weighted by molar-refractivity contribution is 7.99. The molecule has 2 N–H and O–H groups in total. The molecule has 1 aromatic heterocycles. The van der Waals surface area contributed by atoms with Crippen LogP contribution in [0.25, 0.3) is 11.1 Å². The van der Waals surface area contributed by atoms with Crippen LogP contribution in [0.3, 0.4) is 0 Å². The van der Waals surface area contributed by atoms with Gasteiger partial charge in [-0.25, -0.2) is 9.37 Å². The van der Waals surface area contributed by atoms with Crippen molar-refractivity contribution in [2.75, 3.05) is 0 Å². The van der Waals surface area contributed by atoms with Crippen LogP contribution in [0.1, 0.15) is 18.5 Å². The first-order chi connectivity index (χ1) is 9.65. The van der Waals surface area contributed by atoms with Crippen LogP contribution >= 0.6 is 11.8 Å². The molecule has 2 aromatic carbocycles. The van der Waals surface area contributed by atoms with Gasteiger partial charge in [0.2, 0.25) is 0 Å². The number of aromatic nitrogens is 1. The zero-order valence-electron chi connectivity index (χ0n) is 10.8. The average Bonchev–Trinajstić information content (AvgIpc) is 2.83. The summed E-state index contributed by atoms with van der Waals surface area (Å²) in [5.74, 6) is -0.313.